The molecular weight excluding hydrogens is 478 g/mol. The van der Waals surface area contributed by atoms with E-state index in [4.69, 9.17) is 16.3 Å². The van der Waals surface area contributed by atoms with E-state index in [0.717, 1.165) is 59.7 Å². The number of benzene rings is 3. The molecule has 0 bridgehead atoms. The van der Waals surface area contributed by atoms with E-state index >= 15 is 0 Å². The molecule has 0 amide bonds. The van der Waals surface area contributed by atoms with Gasteiger partial charge in [-0.3, -0.25) is 0 Å². The molecule has 0 aromatic heterocycles. The summed E-state index contributed by atoms with van der Waals surface area (Å²) in [6.45, 7) is 7.57. The van der Waals surface area contributed by atoms with Gasteiger partial charge in [-0.05, 0) is 105 Å². The van der Waals surface area contributed by atoms with E-state index in [-0.39, 0.29) is 0 Å². The zero-order chi connectivity index (χ0) is 25.9. The highest BCUT2D eigenvalue weighted by atomic mass is 35.5. The van der Waals surface area contributed by atoms with Crippen molar-refractivity contribution in [1.29, 1.82) is 0 Å². The lowest BCUT2D eigenvalue weighted by atomic mass is 10.1. The third-order valence-corrected chi connectivity index (χ3v) is 7.17. The predicted molar refractivity (Wildman–Crippen MR) is 154 cm³/mol. The molecule has 2 N–H and O–H groups in total. The number of hydrogen-bond acceptors (Lipinski definition) is 4. The number of ether oxygens (including phenoxy) is 1. The Bertz CT molecular complexity index is 1180. The average molecular weight is 516 g/mol. The third kappa shape index (κ3) is 8.91. The number of halogens is 1. The molecule has 194 valence electrons. The molecule has 3 aromatic carbocycles. The summed E-state index contributed by atoms with van der Waals surface area (Å²) in [5.41, 5.74) is 5.63. The second-order valence-corrected chi connectivity index (χ2v) is 10.3. The number of hydrogen-bond donors (Lipinski definition) is 2. The van der Waals surface area contributed by atoms with Gasteiger partial charge in [-0.1, -0.05) is 47.7 Å². The molecule has 37 heavy (non-hydrogen) atoms. The number of nitrogens with zero attached hydrogens (tertiary/aromatic N) is 1. The summed E-state index contributed by atoms with van der Waals surface area (Å²) >= 11 is 5.93. The van der Waals surface area contributed by atoms with Crippen LogP contribution in [-0.2, 0) is 13.1 Å². The van der Waals surface area contributed by atoms with Crippen LogP contribution < -0.4 is 15.4 Å². The van der Waals surface area contributed by atoms with Crippen molar-refractivity contribution in [1.82, 2.24) is 15.5 Å². The van der Waals surface area contributed by atoms with Crippen LogP contribution in [-0.4, -0.2) is 44.2 Å². The van der Waals surface area contributed by atoms with Gasteiger partial charge in [0.05, 0.1) is 0 Å². The zero-order valence-electron chi connectivity index (χ0n) is 22.0. The van der Waals surface area contributed by atoms with Crippen LogP contribution in [0.2, 0.25) is 5.02 Å². The first kappa shape index (κ1) is 27.2. The van der Waals surface area contributed by atoms with Crippen molar-refractivity contribution in [2.24, 2.45) is 0 Å². The van der Waals surface area contributed by atoms with Crippen molar-refractivity contribution in [3.8, 4) is 17.6 Å². The smallest absolute Gasteiger partial charge is 0.122 e. The molecule has 1 atom stereocenters. The molecule has 0 aliphatic carbocycles. The van der Waals surface area contributed by atoms with E-state index in [1.54, 1.807) is 0 Å². The van der Waals surface area contributed by atoms with Gasteiger partial charge < -0.3 is 20.3 Å². The Morgan fingerprint density at radius 2 is 1.54 bits per heavy atom. The average Bonchev–Trinajstić information content (AvgIpc) is 3.32. The molecule has 0 saturated carbocycles. The standard InChI is InChI=1S/C32H38ClN3O/c1-25-22-27(6-5-26-11-14-30(33)15-12-26)13-16-32(25)37-21-19-35-24-29-9-7-28(8-10-29)23-34-18-17-31-4-3-20-36(31)2/h7-16,22,31,34-35H,3-4,17-21,23-24H2,1-2H3. The summed E-state index contributed by atoms with van der Waals surface area (Å²) in [5, 5.41) is 7.79. The summed E-state index contributed by atoms with van der Waals surface area (Å²) in [7, 11) is 2.25. The molecule has 4 nitrogen and oxygen atoms in total. The summed E-state index contributed by atoms with van der Waals surface area (Å²) in [4.78, 5) is 2.49. The SMILES string of the molecule is Cc1cc(C#Cc2ccc(Cl)cc2)ccc1OCCNCc1ccc(CNCCC2CCCN2C)cc1. The predicted octanol–water partition coefficient (Wildman–Crippen LogP) is 5.79. The number of rotatable bonds is 11. The Balaban J connectivity index is 1.12. The van der Waals surface area contributed by atoms with Gasteiger partial charge in [0.2, 0.25) is 0 Å². The topological polar surface area (TPSA) is 36.5 Å². The maximum absolute atomic E-state index is 5.99. The van der Waals surface area contributed by atoms with Crippen LogP contribution in [0.4, 0.5) is 0 Å². The summed E-state index contributed by atoms with van der Waals surface area (Å²) in [6.07, 6.45) is 3.93. The van der Waals surface area contributed by atoms with Crippen molar-refractivity contribution in [3.63, 3.8) is 0 Å². The van der Waals surface area contributed by atoms with Crippen molar-refractivity contribution < 1.29 is 4.74 Å². The maximum atomic E-state index is 5.99. The molecule has 1 aliphatic heterocycles. The quantitative estimate of drug-likeness (QED) is 0.250. The molecule has 1 fully saturated rings. The van der Waals surface area contributed by atoms with E-state index in [9.17, 15) is 0 Å². The van der Waals surface area contributed by atoms with Crippen LogP contribution in [0, 0.1) is 18.8 Å². The molecule has 3 aromatic rings. The summed E-state index contributed by atoms with van der Waals surface area (Å²) < 4.78 is 5.99. The number of nitrogens with one attached hydrogen (secondary N) is 2. The lowest BCUT2D eigenvalue weighted by Crippen LogP contribution is -2.29. The zero-order valence-corrected chi connectivity index (χ0v) is 22.8. The Morgan fingerprint density at radius 3 is 2.19 bits per heavy atom. The molecule has 1 unspecified atom stereocenters. The van der Waals surface area contributed by atoms with Crippen LogP contribution in [0.15, 0.2) is 66.7 Å². The van der Waals surface area contributed by atoms with Gasteiger partial charge in [-0.15, -0.1) is 0 Å². The first-order valence-electron chi connectivity index (χ1n) is 13.3. The third-order valence-electron chi connectivity index (χ3n) is 6.91. The molecule has 5 heteroatoms. The first-order chi connectivity index (χ1) is 18.1. The fraction of sp³-hybridized carbons (Fsp3) is 0.375. The minimum absolute atomic E-state index is 0.620. The maximum Gasteiger partial charge on any atom is 0.122 e. The highest BCUT2D eigenvalue weighted by Crippen LogP contribution is 2.19. The fourth-order valence-electron chi connectivity index (χ4n) is 4.65. The van der Waals surface area contributed by atoms with Crippen LogP contribution in [0.25, 0.3) is 0 Å². The van der Waals surface area contributed by atoms with Gasteiger partial charge in [0.1, 0.15) is 12.4 Å². The van der Waals surface area contributed by atoms with Crippen LogP contribution in [0.5, 0.6) is 5.75 Å². The second-order valence-electron chi connectivity index (χ2n) is 9.82. The summed E-state index contributed by atoms with van der Waals surface area (Å²) in [6, 6.07) is 23.3. The summed E-state index contributed by atoms with van der Waals surface area (Å²) in [5.74, 6) is 7.28. The molecule has 1 aliphatic rings. The number of likely N-dealkylation sites (tertiary alicyclic amines) is 1. The highest BCUT2D eigenvalue weighted by Gasteiger charge is 2.19. The van der Waals surface area contributed by atoms with E-state index in [1.165, 1.54) is 36.9 Å². The molecule has 1 heterocycles. The largest absolute Gasteiger partial charge is 0.492 e. The lowest BCUT2D eigenvalue weighted by molar-refractivity contribution is 0.293. The van der Waals surface area contributed by atoms with Gasteiger partial charge in [0.15, 0.2) is 0 Å². The van der Waals surface area contributed by atoms with Gasteiger partial charge >= 0.3 is 0 Å². The van der Waals surface area contributed by atoms with Gasteiger partial charge in [-0.2, -0.15) is 0 Å². The molecule has 0 radical (unpaired) electrons. The van der Waals surface area contributed by atoms with Crippen LogP contribution in [0.1, 0.15) is 47.1 Å². The highest BCUT2D eigenvalue weighted by molar-refractivity contribution is 6.30. The van der Waals surface area contributed by atoms with E-state index in [1.807, 2.05) is 36.4 Å². The van der Waals surface area contributed by atoms with Gasteiger partial charge in [0, 0.05) is 41.8 Å². The van der Waals surface area contributed by atoms with Gasteiger partial charge in [0.25, 0.3) is 0 Å². The Morgan fingerprint density at radius 1 is 0.892 bits per heavy atom. The monoisotopic (exact) mass is 515 g/mol. The number of aryl methyl sites for hydroxylation is 1. The Hall–Kier alpha value is -2.81. The molecule has 1 saturated heterocycles. The Labute approximate surface area is 227 Å². The van der Waals surface area contributed by atoms with E-state index in [2.05, 4.69) is 71.7 Å². The first-order valence-corrected chi connectivity index (χ1v) is 13.6. The van der Waals surface area contributed by atoms with Crippen molar-refractivity contribution in [2.45, 2.75) is 45.3 Å². The van der Waals surface area contributed by atoms with Gasteiger partial charge in [-0.25, -0.2) is 0 Å². The van der Waals surface area contributed by atoms with Crippen molar-refractivity contribution in [2.75, 3.05) is 33.3 Å². The molecule has 0 spiro atoms. The molecule has 4 rings (SSSR count). The normalized spacial score (nSPS) is 15.4. The lowest BCUT2D eigenvalue weighted by Gasteiger charge is -2.19. The minimum atomic E-state index is 0.620. The van der Waals surface area contributed by atoms with Crippen LogP contribution >= 0.6 is 11.6 Å². The van der Waals surface area contributed by atoms with Crippen molar-refractivity contribution in [3.05, 3.63) is 99.6 Å². The Kier molecular flexibility index (Phi) is 10.5. The van der Waals surface area contributed by atoms with E-state index < -0.39 is 0 Å². The second kappa shape index (κ2) is 14.2. The fourth-order valence-corrected chi connectivity index (χ4v) is 4.78. The van der Waals surface area contributed by atoms with Crippen molar-refractivity contribution >= 4 is 11.6 Å². The minimum Gasteiger partial charge on any atom is -0.492 e. The van der Waals surface area contributed by atoms with Crippen LogP contribution in [0.3, 0.4) is 0 Å². The van der Waals surface area contributed by atoms with E-state index in [0.29, 0.717) is 6.61 Å². The molecular formula is C32H38ClN3O.